The number of aromatic nitrogens is 2. The van der Waals surface area contributed by atoms with Gasteiger partial charge in [-0.05, 0) is 22.8 Å². The van der Waals surface area contributed by atoms with Gasteiger partial charge in [-0.15, -0.1) is 0 Å². The molecule has 0 spiro atoms. The van der Waals surface area contributed by atoms with Gasteiger partial charge in [0.25, 0.3) is 0 Å². The zero-order valence-electron chi connectivity index (χ0n) is 14.6. The summed E-state index contributed by atoms with van der Waals surface area (Å²) < 4.78 is 0. The summed E-state index contributed by atoms with van der Waals surface area (Å²) in [4.78, 5) is 9.83. The van der Waals surface area contributed by atoms with Gasteiger partial charge in [0.15, 0.2) is 0 Å². The molecule has 0 atom stereocenters. The number of hydrogen-bond donors (Lipinski definition) is 0. The molecule has 26 heavy (non-hydrogen) atoms. The van der Waals surface area contributed by atoms with E-state index in [-0.39, 0.29) is 0 Å². The van der Waals surface area contributed by atoms with Crippen LogP contribution in [0.15, 0.2) is 79.0 Å². The lowest BCUT2D eigenvalue weighted by atomic mass is 9.99. The van der Waals surface area contributed by atoms with Gasteiger partial charge < -0.3 is 0 Å². The highest BCUT2D eigenvalue weighted by Gasteiger charge is 2.11. The summed E-state index contributed by atoms with van der Waals surface area (Å²) in [6, 6.07) is 25.5. The monoisotopic (exact) mass is 334 g/mol. The van der Waals surface area contributed by atoms with Crippen molar-refractivity contribution in [2.75, 3.05) is 0 Å². The van der Waals surface area contributed by atoms with Crippen LogP contribution in [-0.4, -0.2) is 9.97 Å². The summed E-state index contributed by atoms with van der Waals surface area (Å²) in [6.07, 6.45) is 2.94. The third-order valence-corrected chi connectivity index (χ3v) is 5.08. The van der Waals surface area contributed by atoms with E-state index in [4.69, 9.17) is 9.97 Å². The molecular formula is C24H18N2. The van der Waals surface area contributed by atoms with Crippen molar-refractivity contribution in [3.63, 3.8) is 0 Å². The van der Waals surface area contributed by atoms with Crippen LogP contribution in [0.3, 0.4) is 0 Å². The minimum absolute atomic E-state index is 0.917. The third kappa shape index (κ3) is 2.26. The van der Waals surface area contributed by atoms with E-state index in [1.54, 1.807) is 0 Å². The molecule has 2 heteroatoms. The van der Waals surface area contributed by atoms with Crippen LogP contribution in [0, 0.1) is 0 Å². The molecule has 0 saturated heterocycles. The largest absolute Gasteiger partial charge is 0.252 e. The minimum atomic E-state index is 0.917. The molecule has 5 rings (SSSR count). The van der Waals surface area contributed by atoms with E-state index in [2.05, 4.69) is 79.7 Å². The van der Waals surface area contributed by atoms with E-state index >= 15 is 0 Å². The number of benzene rings is 4. The maximum Gasteiger partial charge on any atom is 0.0979 e. The number of aryl methyl sites for hydroxylation is 1. The highest BCUT2D eigenvalue weighted by atomic mass is 14.8. The van der Waals surface area contributed by atoms with E-state index in [9.17, 15) is 0 Å². The Kier molecular flexibility index (Phi) is 3.42. The van der Waals surface area contributed by atoms with Crippen molar-refractivity contribution in [3.8, 4) is 11.3 Å². The second-order valence-electron chi connectivity index (χ2n) is 6.59. The molecule has 0 aliphatic rings. The topological polar surface area (TPSA) is 25.8 Å². The first-order valence-electron chi connectivity index (χ1n) is 9.00. The first kappa shape index (κ1) is 15.0. The molecule has 2 nitrogen and oxygen atoms in total. The SMILES string of the molecule is CCc1ccc(-c2cnc3c4ccccc4c4ccccc4c3n2)cc1. The molecule has 0 fully saturated rings. The van der Waals surface area contributed by atoms with Gasteiger partial charge in [0.2, 0.25) is 0 Å². The molecule has 0 aliphatic carbocycles. The van der Waals surface area contributed by atoms with Gasteiger partial charge in [-0.3, -0.25) is 4.98 Å². The predicted octanol–water partition coefficient (Wildman–Crippen LogP) is 6.17. The van der Waals surface area contributed by atoms with Gasteiger partial charge in [0.1, 0.15) is 0 Å². The van der Waals surface area contributed by atoms with E-state index in [0.29, 0.717) is 0 Å². The van der Waals surface area contributed by atoms with Crippen molar-refractivity contribution in [3.05, 3.63) is 84.6 Å². The van der Waals surface area contributed by atoms with E-state index in [1.807, 2.05) is 6.20 Å². The zero-order valence-corrected chi connectivity index (χ0v) is 14.6. The number of nitrogens with zero attached hydrogens (tertiary/aromatic N) is 2. The molecular weight excluding hydrogens is 316 g/mol. The molecule has 5 aromatic rings. The summed E-state index contributed by atoms with van der Waals surface area (Å²) in [6.45, 7) is 2.17. The average molecular weight is 334 g/mol. The van der Waals surface area contributed by atoms with Crippen LogP contribution in [0.5, 0.6) is 0 Å². The Labute approximate surface area is 152 Å². The summed E-state index contributed by atoms with van der Waals surface area (Å²) in [5.74, 6) is 0. The fraction of sp³-hybridized carbons (Fsp3) is 0.0833. The van der Waals surface area contributed by atoms with Gasteiger partial charge in [-0.2, -0.15) is 0 Å². The molecule has 0 unspecified atom stereocenters. The van der Waals surface area contributed by atoms with Crippen LogP contribution in [0.4, 0.5) is 0 Å². The predicted molar refractivity (Wildman–Crippen MR) is 109 cm³/mol. The van der Waals surface area contributed by atoms with E-state index in [1.165, 1.54) is 16.3 Å². The minimum Gasteiger partial charge on any atom is -0.252 e. The maximum atomic E-state index is 5.02. The average Bonchev–Trinajstić information content (AvgIpc) is 2.74. The lowest BCUT2D eigenvalue weighted by Gasteiger charge is -2.10. The molecule has 0 N–H and O–H groups in total. The van der Waals surface area contributed by atoms with Gasteiger partial charge in [0, 0.05) is 16.3 Å². The zero-order chi connectivity index (χ0) is 17.5. The Morgan fingerprint density at radius 3 is 1.85 bits per heavy atom. The second-order valence-corrected chi connectivity index (χ2v) is 6.59. The standard InChI is InChI=1S/C24H18N2/c1-2-16-11-13-17(14-12-16)22-15-25-23-20-9-5-3-7-18(20)19-8-4-6-10-21(19)24(23)26-22/h3-15H,2H2,1H3. The quantitative estimate of drug-likeness (QED) is 0.361. The summed E-state index contributed by atoms with van der Waals surface area (Å²) >= 11 is 0. The highest BCUT2D eigenvalue weighted by Crippen LogP contribution is 2.33. The summed E-state index contributed by atoms with van der Waals surface area (Å²) in [7, 11) is 0. The fourth-order valence-corrected chi connectivity index (χ4v) is 3.67. The molecule has 0 bridgehead atoms. The third-order valence-electron chi connectivity index (χ3n) is 5.08. The maximum absolute atomic E-state index is 5.02. The molecule has 0 saturated carbocycles. The molecule has 1 aromatic heterocycles. The Hall–Kier alpha value is -3.26. The van der Waals surface area contributed by atoms with Crippen molar-refractivity contribution >= 4 is 32.6 Å². The van der Waals surface area contributed by atoms with Gasteiger partial charge >= 0.3 is 0 Å². The Bertz CT molecular complexity index is 1220. The number of fused-ring (bicyclic) bond motifs is 6. The Balaban J connectivity index is 1.85. The van der Waals surface area contributed by atoms with Crippen LogP contribution in [0.2, 0.25) is 0 Å². The molecule has 4 aromatic carbocycles. The molecule has 0 radical (unpaired) electrons. The molecule has 0 aliphatic heterocycles. The number of rotatable bonds is 2. The first-order chi connectivity index (χ1) is 12.8. The van der Waals surface area contributed by atoms with Crippen LogP contribution in [0.25, 0.3) is 43.8 Å². The van der Waals surface area contributed by atoms with Crippen molar-refractivity contribution < 1.29 is 0 Å². The fourth-order valence-electron chi connectivity index (χ4n) is 3.67. The molecule has 124 valence electrons. The van der Waals surface area contributed by atoms with Crippen LogP contribution >= 0.6 is 0 Å². The summed E-state index contributed by atoms with van der Waals surface area (Å²) in [5, 5.41) is 4.76. The van der Waals surface area contributed by atoms with E-state index in [0.717, 1.165) is 39.5 Å². The van der Waals surface area contributed by atoms with E-state index < -0.39 is 0 Å². The van der Waals surface area contributed by atoms with Gasteiger partial charge in [-0.1, -0.05) is 79.7 Å². The first-order valence-corrected chi connectivity index (χ1v) is 9.00. The Morgan fingerprint density at radius 1 is 0.654 bits per heavy atom. The molecule has 1 heterocycles. The second kappa shape index (κ2) is 5.92. The van der Waals surface area contributed by atoms with Crippen molar-refractivity contribution in [2.45, 2.75) is 13.3 Å². The van der Waals surface area contributed by atoms with Gasteiger partial charge in [-0.25, -0.2) is 4.98 Å². The van der Waals surface area contributed by atoms with Crippen LogP contribution in [-0.2, 0) is 6.42 Å². The van der Waals surface area contributed by atoms with Crippen molar-refractivity contribution in [2.24, 2.45) is 0 Å². The van der Waals surface area contributed by atoms with Crippen molar-refractivity contribution in [1.29, 1.82) is 0 Å². The van der Waals surface area contributed by atoms with Crippen LogP contribution in [0.1, 0.15) is 12.5 Å². The smallest absolute Gasteiger partial charge is 0.0979 e. The van der Waals surface area contributed by atoms with Gasteiger partial charge in [0.05, 0.1) is 22.9 Å². The lowest BCUT2D eigenvalue weighted by molar-refractivity contribution is 1.14. The normalized spacial score (nSPS) is 11.4. The lowest BCUT2D eigenvalue weighted by Crippen LogP contribution is -1.92. The van der Waals surface area contributed by atoms with Crippen LogP contribution < -0.4 is 0 Å². The number of hydrogen-bond acceptors (Lipinski definition) is 2. The highest BCUT2D eigenvalue weighted by molar-refractivity contribution is 6.23. The van der Waals surface area contributed by atoms with Crippen molar-refractivity contribution in [1.82, 2.24) is 9.97 Å². The molecule has 0 amide bonds. The summed E-state index contributed by atoms with van der Waals surface area (Å²) in [5.41, 5.74) is 5.29. The Morgan fingerprint density at radius 2 is 1.23 bits per heavy atom.